The first-order valence-corrected chi connectivity index (χ1v) is 6.01. The van der Waals surface area contributed by atoms with Crippen molar-refractivity contribution >= 4 is 39.5 Å². The lowest BCUT2D eigenvalue weighted by atomic mass is 10.1. The number of hydrogen-bond acceptors (Lipinski definition) is 3. The molecule has 0 fully saturated rings. The molecular formula is C12H10INO2. The summed E-state index contributed by atoms with van der Waals surface area (Å²) in [7, 11) is 0. The molecule has 0 atom stereocenters. The first-order valence-electron chi connectivity index (χ1n) is 4.93. The summed E-state index contributed by atoms with van der Waals surface area (Å²) in [5.74, 6) is -0.295. The maximum atomic E-state index is 11.7. The fourth-order valence-corrected chi connectivity index (χ4v) is 1.96. The molecule has 0 aliphatic carbocycles. The van der Waals surface area contributed by atoms with E-state index in [1.807, 2.05) is 18.2 Å². The minimum absolute atomic E-state index is 0.295. The van der Waals surface area contributed by atoms with Crippen molar-refractivity contribution in [2.75, 3.05) is 6.61 Å². The monoisotopic (exact) mass is 327 g/mol. The minimum atomic E-state index is -0.295. The normalized spacial score (nSPS) is 10.4. The van der Waals surface area contributed by atoms with Crippen LogP contribution in [-0.4, -0.2) is 17.6 Å². The average molecular weight is 327 g/mol. The Hall–Kier alpha value is -1.17. The van der Waals surface area contributed by atoms with Gasteiger partial charge in [0.1, 0.15) is 0 Å². The van der Waals surface area contributed by atoms with E-state index in [0.717, 1.165) is 14.5 Å². The zero-order valence-corrected chi connectivity index (χ0v) is 10.9. The SMILES string of the molecule is CCOC(=O)c1cccc2ncc(I)cc12. The largest absolute Gasteiger partial charge is 0.462 e. The van der Waals surface area contributed by atoms with Crippen LogP contribution in [0.3, 0.4) is 0 Å². The molecule has 0 aliphatic rings. The molecule has 3 nitrogen and oxygen atoms in total. The third kappa shape index (κ3) is 2.16. The molecule has 0 saturated carbocycles. The molecule has 16 heavy (non-hydrogen) atoms. The maximum Gasteiger partial charge on any atom is 0.338 e. The summed E-state index contributed by atoms with van der Waals surface area (Å²) in [6, 6.07) is 7.40. The van der Waals surface area contributed by atoms with Crippen LogP contribution in [0.15, 0.2) is 30.5 Å². The molecule has 2 aromatic rings. The molecule has 0 amide bonds. The maximum absolute atomic E-state index is 11.7. The lowest BCUT2D eigenvalue weighted by Gasteiger charge is -2.05. The van der Waals surface area contributed by atoms with E-state index in [2.05, 4.69) is 27.6 Å². The van der Waals surface area contributed by atoms with Crippen molar-refractivity contribution in [3.63, 3.8) is 0 Å². The second-order valence-electron chi connectivity index (χ2n) is 3.25. The number of aromatic nitrogens is 1. The van der Waals surface area contributed by atoms with Gasteiger partial charge in [-0.2, -0.15) is 0 Å². The number of pyridine rings is 1. The second kappa shape index (κ2) is 4.78. The van der Waals surface area contributed by atoms with Gasteiger partial charge >= 0.3 is 5.97 Å². The molecule has 0 saturated heterocycles. The molecule has 1 aromatic carbocycles. The first-order chi connectivity index (χ1) is 7.72. The highest BCUT2D eigenvalue weighted by molar-refractivity contribution is 14.1. The van der Waals surface area contributed by atoms with Crippen LogP contribution in [0.4, 0.5) is 0 Å². The van der Waals surface area contributed by atoms with Crippen molar-refractivity contribution in [1.82, 2.24) is 4.98 Å². The van der Waals surface area contributed by atoms with Gasteiger partial charge in [-0.25, -0.2) is 4.79 Å². The third-order valence-corrected chi connectivity index (χ3v) is 2.78. The molecule has 0 N–H and O–H groups in total. The van der Waals surface area contributed by atoms with Crippen LogP contribution in [0.1, 0.15) is 17.3 Å². The molecule has 1 heterocycles. The van der Waals surface area contributed by atoms with Gasteiger partial charge in [0.25, 0.3) is 0 Å². The van der Waals surface area contributed by atoms with Gasteiger partial charge in [0.15, 0.2) is 0 Å². The van der Waals surface area contributed by atoms with Crippen LogP contribution in [0.25, 0.3) is 10.9 Å². The van der Waals surface area contributed by atoms with E-state index >= 15 is 0 Å². The molecule has 4 heteroatoms. The second-order valence-corrected chi connectivity index (χ2v) is 4.49. The Bertz CT molecular complexity index is 540. The predicted octanol–water partition coefficient (Wildman–Crippen LogP) is 3.02. The number of benzene rings is 1. The van der Waals surface area contributed by atoms with Crippen molar-refractivity contribution in [2.24, 2.45) is 0 Å². The number of ether oxygens (including phenoxy) is 1. The fourth-order valence-electron chi connectivity index (χ4n) is 1.51. The van der Waals surface area contributed by atoms with Crippen LogP contribution in [-0.2, 0) is 4.74 Å². The molecule has 2 rings (SSSR count). The van der Waals surface area contributed by atoms with E-state index in [1.165, 1.54) is 0 Å². The van der Waals surface area contributed by atoms with Gasteiger partial charge in [-0.1, -0.05) is 6.07 Å². The fraction of sp³-hybridized carbons (Fsp3) is 0.167. The highest BCUT2D eigenvalue weighted by atomic mass is 127. The molecule has 0 aliphatic heterocycles. The zero-order chi connectivity index (χ0) is 11.5. The number of nitrogens with zero attached hydrogens (tertiary/aromatic N) is 1. The Kier molecular flexibility index (Phi) is 3.38. The molecule has 0 bridgehead atoms. The van der Waals surface area contributed by atoms with E-state index in [0.29, 0.717) is 12.2 Å². The summed E-state index contributed by atoms with van der Waals surface area (Å²) in [4.78, 5) is 16.0. The number of rotatable bonds is 2. The molecular weight excluding hydrogens is 317 g/mol. The average Bonchev–Trinajstić information content (AvgIpc) is 2.28. The highest BCUT2D eigenvalue weighted by Crippen LogP contribution is 2.19. The summed E-state index contributed by atoms with van der Waals surface area (Å²) in [5.41, 5.74) is 1.39. The number of halogens is 1. The van der Waals surface area contributed by atoms with Crippen LogP contribution in [0, 0.1) is 3.57 Å². The van der Waals surface area contributed by atoms with Crippen LogP contribution < -0.4 is 0 Å². The number of esters is 1. The Labute approximate surface area is 107 Å². The summed E-state index contributed by atoms with van der Waals surface area (Å²) >= 11 is 2.17. The topological polar surface area (TPSA) is 39.2 Å². The van der Waals surface area contributed by atoms with Crippen LogP contribution in [0.2, 0.25) is 0 Å². The zero-order valence-electron chi connectivity index (χ0n) is 8.74. The van der Waals surface area contributed by atoms with Crippen molar-refractivity contribution in [3.8, 4) is 0 Å². The Morgan fingerprint density at radius 3 is 3.06 bits per heavy atom. The van der Waals surface area contributed by atoms with Gasteiger partial charge in [0.2, 0.25) is 0 Å². The van der Waals surface area contributed by atoms with E-state index in [9.17, 15) is 4.79 Å². The quantitative estimate of drug-likeness (QED) is 0.629. The summed E-state index contributed by atoms with van der Waals surface area (Å²) < 4.78 is 6.01. The van der Waals surface area contributed by atoms with Crippen molar-refractivity contribution in [2.45, 2.75) is 6.92 Å². The molecule has 0 radical (unpaired) electrons. The summed E-state index contributed by atoms with van der Waals surface area (Å²) in [6.07, 6.45) is 1.78. The van der Waals surface area contributed by atoms with Gasteiger partial charge in [0, 0.05) is 15.2 Å². The number of carbonyl (C=O) groups excluding carboxylic acids is 1. The van der Waals surface area contributed by atoms with E-state index in [4.69, 9.17) is 4.74 Å². The van der Waals surface area contributed by atoms with Crippen LogP contribution in [0.5, 0.6) is 0 Å². The smallest absolute Gasteiger partial charge is 0.338 e. The summed E-state index contributed by atoms with van der Waals surface area (Å²) in [6.45, 7) is 2.18. The Morgan fingerprint density at radius 1 is 1.50 bits per heavy atom. The molecule has 0 unspecified atom stereocenters. The van der Waals surface area contributed by atoms with E-state index in [-0.39, 0.29) is 5.97 Å². The van der Waals surface area contributed by atoms with Crippen molar-refractivity contribution in [1.29, 1.82) is 0 Å². The Balaban J connectivity index is 2.60. The minimum Gasteiger partial charge on any atom is -0.462 e. The highest BCUT2D eigenvalue weighted by Gasteiger charge is 2.11. The van der Waals surface area contributed by atoms with Gasteiger partial charge in [-0.3, -0.25) is 4.98 Å². The standard InChI is InChI=1S/C12H10INO2/c1-2-16-12(15)9-4-3-5-11-10(9)6-8(13)7-14-11/h3-7H,2H2,1H3. The number of hydrogen-bond donors (Lipinski definition) is 0. The number of fused-ring (bicyclic) bond motifs is 1. The van der Waals surface area contributed by atoms with Crippen LogP contribution >= 0.6 is 22.6 Å². The van der Waals surface area contributed by atoms with Crippen molar-refractivity contribution in [3.05, 3.63) is 39.6 Å². The van der Waals surface area contributed by atoms with E-state index < -0.39 is 0 Å². The predicted molar refractivity (Wildman–Crippen MR) is 70.4 cm³/mol. The third-order valence-electron chi connectivity index (χ3n) is 2.19. The molecule has 1 aromatic heterocycles. The van der Waals surface area contributed by atoms with Gasteiger partial charge in [-0.05, 0) is 47.7 Å². The molecule has 0 spiro atoms. The lowest BCUT2D eigenvalue weighted by Crippen LogP contribution is -2.05. The van der Waals surface area contributed by atoms with Gasteiger partial charge < -0.3 is 4.74 Å². The molecule has 82 valence electrons. The Morgan fingerprint density at radius 2 is 2.31 bits per heavy atom. The van der Waals surface area contributed by atoms with Gasteiger partial charge in [0.05, 0.1) is 17.7 Å². The number of carbonyl (C=O) groups is 1. The van der Waals surface area contributed by atoms with E-state index in [1.54, 1.807) is 19.2 Å². The first kappa shape index (κ1) is 11.3. The summed E-state index contributed by atoms with van der Waals surface area (Å²) in [5, 5.41) is 0.841. The van der Waals surface area contributed by atoms with Crippen molar-refractivity contribution < 1.29 is 9.53 Å². The lowest BCUT2D eigenvalue weighted by molar-refractivity contribution is 0.0528. The van der Waals surface area contributed by atoms with Gasteiger partial charge in [-0.15, -0.1) is 0 Å².